The average molecular weight is 225 g/mol. The minimum absolute atomic E-state index is 0. The zero-order chi connectivity index (χ0) is 11.0. The van der Waals surface area contributed by atoms with Crippen molar-refractivity contribution in [1.82, 2.24) is 4.90 Å². The second kappa shape index (κ2) is 10.4. The molecule has 0 spiro atoms. The second-order valence-electron chi connectivity index (χ2n) is 3.28. The Labute approximate surface area is 112 Å². The summed E-state index contributed by atoms with van der Waals surface area (Å²) in [6, 6.07) is 0. The van der Waals surface area contributed by atoms with E-state index in [4.69, 9.17) is 5.11 Å². The van der Waals surface area contributed by atoms with Gasteiger partial charge in [0.2, 0.25) is 0 Å². The molecule has 0 saturated carbocycles. The van der Waals surface area contributed by atoms with Crippen LogP contribution in [0, 0.1) is 0 Å². The maximum absolute atomic E-state index is 10.2. The van der Waals surface area contributed by atoms with Crippen LogP contribution in [0.25, 0.3) is 0 Å². The molecule has 82 valence electrons. The van der Waals surface area contributed by atoms with E-state index in [1.165, 1.54) is 0 Å². The topological polar surface area (TPSA) is 80.7 Å². The molecule has 0 aromatic carbocycles. The van der Waals surface area contributed by atoms with Gasteiger partial charge in [-0.1, -0.05) is 0 Å². The van der Waals surface area contributed by atoms with Gasteiger partial charge in [0.25, 0.3) is 0 Å². The van der Waals surface area contributed by atoms with Crippen LogP contribution in [0.4, 0.5) is 0 Å². The molecular formula is C9H16NNaO4. The van der Waals surface area contributed by atoms with E-state index >= 15 is 0 Å². The van der Waals surface area contributed by atoms with Gasteiger partial charge in [0.1, 0.15) is 0 Å². The van der Waals surface area contributed by atoms with Gasteiger partial charge in [-0.15, -0.1) is 0 Å². The summed E-state index contributed by atoms with van der Waals surface area (Å²) >= 11 is 0. The number of carboxylic acids is 2. The molecular weight excluding hydrogens is 209 g/mol. The van der Waals surface area contributed by atoms with Crippen LogP contribution < -0.4 is 34.7 Å². The van der Waals surface area contributed by atoms with Crippen LogP contribution in [-0.4, -0.2) is 42.1 Å². The number of hydrogen-bond acceptors (Lipinski definition) is 4. The van der Waals surface area contributed by atoms with Gasteiger partial charge in [-0.05, 0) is 39.4 Å². The van der Waals surface area contributed by atoms with Crippen molar-refractivity contribution in [3.05, 3.63) is 0 Å². The van der Waals surface area contributed by atoms with Crippen molar-refractivity contribution in [1.29, 1.82) is 0 Å². The van der Waals surface area contributed by atoms with Gasteiger partial charge in [0.05, 0.1) is 0 Å². The molecule has 0 bridgehead atoms. The Morgan fingerprint density at radius 2 is 1.67 bits per heavy atom. The van der Waals surface area contributed by atoms with Crippen LogP contribution in [0.3, 0.4) is 0 Å². The summed E-state index contributed by atoms with van der Waals surface area (Å²) < 4.78 is 0. The normalized spacial score (nSPS) is 9.73. The molecule has 0 atom stereocenters. The first-order valence-electron chi connectivity index (χ1n) is 4.62. The van der Waals surface area contributed by atoms with Crippen molar-refractivity contribution in [2.24, 2.45) is 0 Å². The third-order valence-electron chi connectivity index (χ3n) is 1.85. The number of carbonyl (C=O) groups is 2. The molecule has 1 N–H and O–H groups in total. The molecule has 0 unspecified atom stereocenters. The fraction of sp³-hybridized carbons (Fsp3) is 0.778. The van der Waals surface area contributed by atoms with Crippen molar-refractivity contribution in [2.45, 2.75) is 25.7 Å². The molecule has 6 heteroatoms. The monoisotopic (exact) mass is 225 g/mol. The smallest absolute Gasteiger partial charge is 0.550 e. The van der Waals surface area contributed by atoms with Gasteiger partial charge in [-0.2, -0.15) is 0 Å². The minimum Gasteiger partial charge on any atom is -0.550 e. The van der Waals surface area contributed by atoms with E-state index in [9.17, 15) is 14.7 Å². The van der Waals surface area contributed by atoms with Crippen molar-refractivity contribution in [3.8, 4) is 0 Å². The van der Waals surface area contributed by atoms with Gasteiger partial charge < -0.3 is 19.9 Å². The average Bonchev–Trinajstić information content (AvgIpc) is 2.02. The van der Waals surface area contributed by atoms with Crippen LogP contribution in [0.2, 0.25) is 0 Å². The first kappa shape index (κ1) is 17.3. The zero-order valence-electron chi connectivity index (χ0n) is 9.36. The SMILES string of the molecule is CN(CCCC(=O)[O-])CCCC(=O)O.[Na+]. The van der Waals surface area contributed by atoms with Crippen molar-refractivity contribution < 1.29 is 49.4 Å². The van der Waals surface area contributed by atoms with Crippen LogP contribution >= 0.6 is 0 Å². The molecule has 0 rings (SSSR count). The summed E-state index contributed by atoms with van der Waals surface area (Å²) in [4.78, 5) is 22.2. The molecule has 5 nitrogen and oxygen atoms in total. The molecule has 0 radical (unpaired) electrons. The third kappa shape index (κ3) is 13.9. The van der Waals surface area contributed by atoms with E-state index in [-0.39, 0.29) is 42.4 Å². The number of aliphatic carboxylic acids is 2. The first-order chi connectivity index (χ1) is 6.52. The van der Waals surface area contributed by atoms with Crippen molar-refractivity contribution in [3.63, 3.8) is 0 Å². The Kier molecular flexibility index (Phi) is 12.0. The standard InChI is InChI=1S/C9H17NO4.Na/c1-10(6-2-4-8(11)12)7-3-5-9(13)14;/h2-7H2,1H3,(H,11,12)(H,13,14);/q;+1/p-1. The Hall–Kier alpha value is -0.100. The number of nitrogens with zero attached hydrogens (tertiary/aromatic N) is 1. The number of carbonyl (C=O) groups excluding carboxylic acids is 1. The van der Waals surface area contributed by atoms with E-state index < -0.39 is 11.9 Å². The largest absolute Gasteiger partial charge is 1.00 e. The Bertz CT molecular complexity index is 179. The molecule has 0 aliphatic heterocycles. The van der Waals surface area contributed by atoms with Crippen LogP contribution in [0.5, 0.6) is 0 Å². The van der Waals surface area contributed by atoms with E-state index in [0.717, 1.165) is 0 Å². The van der Waals surface area contributed by atoms with Gasteiger partial charge in [0.15, 0.2) is 0 Å². The maximum Gasteiger partial charge on any atom is 1.00 e. The summed E-state index contributed by atoms with van der Waals surface area (Å²) in [6.07, 6.45) is 1.36. The summed E-state index contributed by atoms with van der Waals surface area (Å²) in [5.74, 6) is -1.84. The first-order valence-corrected chi connectivity index (χ1v) is 4.62. The summed E-state index contributed by atoms with van der Waals surface area (Å²) in [6.45, 7) is 1.34. The van der Waals surface area contributed by atoms with Gasteiger partial charge in [-0.3, -0.25) is 4.79 Å². The summed E-state index contributed by atoms with van der Waals surface area (Å²) in [5, 5.41) is 18.4. The van der Waals surface area contributed by atoms with Crippen LogP contribution in [0.1, 0.15) is 25.7 Å². The van der Waals surface area contributed by atoms with Crippen molar-refractivity contribution in [2.75, 3.05) is 20.1 Å². The molecule has 15 heavy (non-hydrogen) atoms. The van der Waals surface area contributed by atoms with E-state index in [1.807, 2.05) is 11.9 Å². The fourth-order valence-corrected chi connectivity index (χ4v) is 1.11. The number of carboxylic acid groups (broad SMARTS) is 2. The van der Waals surface area contributed by atoms with Gasteiger partial charge in [-0.25, -0.2) is 0 Å². The summed E-state index contributed by atoms with van der Waals surface area (Å²) in [5.41, 5.74) is 0. The number of hydrogen-bond donors (Lipinski definition) is 1. The van der Waals surface area contributed by atoms with Gasteiger partial charge in [0, 0.05) is 12.4 Å². The van der Waals surface area contributed by atoms with Crippen LogP contribution in [0.15, 0.2) is 0 Å². The van der Waals surface area contributed by atoms with E-state index in [1.54, 1.807) is 0 Å². The molecule has 0 aliphatic carbocycles. The van der Waals surface area contributed by atoms with Crippen LogP contribution in [-0.2, 0) is 9.59 Å². The molecule has 0 aromatic heterocycles. The zero-order valence-corrected chi connectivity index (χ0v) is 11.4. The molecule has 0 heterocycles. The molecule has 0 aromatic rings. The number of rotatable bonds is 8. The fourth-order valence-electron chi connectivity index (χ4n) is 1.11. The Morgan fingerprint density at radius 1 is 1.20 bits per heavy atom. The second-order valence-corrected chi connectivity index (χ2v) is 3.28. The molecule has 0 aliphatic rings. The maximum atomic E-state index is 10.2. The predicted molar refractivity (Wildman–Crippen MR) is 48.6 cm³/mol. The van der Waals surface area contributed by atoms with Crippen molar-refractivity contribution >= 4 is 11.9 Å². The molecule has 0 saturated heterocycles. The molecule has 0 fully saturated rings. The Balaban J connectivity index is 0. The Morgan fingerprint density at radius 3 is 2.07 bits per heavy atom. The van der Waals surface area contributed by atoms with Gasteiger partial charge >= 0.3 is 35.5 Å². The van der Waals surface area contributed by atoms with E-state index in [0.29, 0.717) is 25.9 Å². The molecule has 0 amide bonds. The minimum atomic E-state index is -1.04. The third-order valence-corrected chi connectivity index (χ3v) is 1.85. The predicted octanol–water partition coefficient (Wildman–Crippen LogP) is -3.68. The quantitative estimate of drug-likeness (QED) is 0.430. The van der Waals surface area contributed by atoms with E-state index in [2.05, 4.69) is 0 Å². The summed E-state index contributed by atoms with van der Waals surface area (Å²) in [7, 11) is 1.84.